The SMILES string of the molecule is Nc1nc(N2CCN3CC(CNc4ncccn4)CCC3C2)cc2nc(-c3ccco3)nn12. The molecule has 3 N–H and O–H groups in total. The van der Waals surface area contributed by atoms with Crippen LogP contribution < -0.4 is 16.0 Å². The maximum absolute atomic E-state index is 6.23. The molecule has 0 aliphatic carbocycles. The van der Waals surface area contributed by atoms with E-state index < -0.39 is 0 Å². The molecule has 2 atom stereocenters. The van der Waals surface area contributed by atoms with Crippen LogP contribution in [0.5, 0.6) is 0 Å². The zero-order valence-corrected chi connectivity index (χ0v) is 18.2. The van der Waals surface area contributed by atoms with Gasteiger partial charge >= 0.3 is 0 Å². The maximum Gasteiger partial charge on any atom is 0.225 e. The highest BCUT2D eigenvalue weighted by molar-refractivity contribution is 5.59. The topological polar surface area (TPSA) is 127 Å². The summed E-state index contributed by atoms with van der Waals surface area (Å²) in [5, 5.41) is 7.81. The molecular weight excluding hydrogens is 420 g/mol. The van der Waals surface area contributed by atoms with Crippen LogP contribution in [0, 0.1) is 5.92 Å². The van der Waals surface area contributed by atoms with Gasteiger partial charge in [-0.2, -0.15) is 9.50 Å². The van der Waals surface area contributed by atoms with E-state index in [9.17, 15) is 0 Å². The van der Waals surface area contributed by atoms with Gasteiger partial charge in [0.1, 0.15) is 5.82 Å². The normalized spacial score (nSPS) is 21.3. The van der Waals surface area contributed by atoms with Gasteiger partial charge in [0.2, 0.25) is 17.7 Å². The third kappa shape index (κ3) is 3.95. The van der Waals surface area contributed by atoms with E-state index in [4.69, 9.17) is 10.2 Å². The molecule has 6 rings (SSSR count). The Morgan fingerprint density at radius 3 is 2.85 bits per heavy atom. The third-order valence-corrected chi connectivity index (χ3v) is 6.52. The zero-order valence-electron chi connectivity index (χ0n) is 18.2. The molecule has 0 bridgehead atoms. The number of anilines is 3. The Morgan fingerprint density at radius 1 is 1.09 bits per heavy atom. The van der Waals surface area contributed by atoms with Gasteiger partial charge in [0.25, 0.3) is 0 Å². The first-order chi connectivity index (χ1) is 16.2. The van der Waals surface area contributed by atoms with Crippen molar-refractivity contribution in [3.05, 3.63) is 42.9 Å². The first-order valence-corrected chi connectivity index (χ1v) is 11.3. The number of nitrogens with two attached hydrogens (primary N) is 1. The Balaban J connectivity index is 1.12. The summed E-state index contributed by atoms with van der Waals surface area (Å²) in [5.41, 5.74) is 6.90. The predicted octanol–water partition coefficient (Wildman–Crippen LogP) is 1.77. The number of furan rings is 1. The van der Waals surface area contributed by atoms with Crippen LogP contribution in [0.25, 0.3) is 17.2 Å². The standard InChI is InChI=1S/C22H26N10O/c23-21-28-18(11-19-27-20(29-32(19)21)17-3-1-10-33-17)31-9-8-30-13-15(4-5-16(30)14-31)12-26-22-24-6-2-7-25-22/h1-3,6-7,10-11,15-16H,4-5,8-9,12-14H2,(H2,23,28)(H,24,25,26). The van der Waals surface area contributed by atoms with Crippen LogP contribution in [0.15, 0.2) is 47.3 Å². The molecule has 0 amide bonds. The summed E-state index contributed by atoms with van der Waals surface area (Å²) in [5.74, 6) is 3.59. The molecule has 0 spiro atoms. The smallest absolute Gasteiger partial charge is 0.225 e. The Labute approximate surface area is 190 Å². The summed E-state index contributed by atoms with van der Waals surface area (Å²) in [6, 6.07) is 7.95. The monoisotopic (exact) mass is 446 g/mol. The molecule has 11 heteroatoms. The van der Waals surface area contributed by atoms with E-state index in [1.165, 1.54) is 6.42 Å². The summed E-state index contributed by atoms with van der Waals surface area (Å²) in [4.78, 5) is 22.6. The first-order valence-electron chi connectivity index (χ1n) is 11.3. The van der Waals surface area contributed by atoms with E-state index in [1.807, 2.05) is 24.3 Å². The van der Waals surface area contributed by atoms with Crippen molar-refractivity contribution in [2.45, 2.75) is 18.9 Å². The van der Waals surface area contributed by atoms with E-state index in [1.54, 1.807) is 23.2 Å². The quantitative estimate of drug-likeness (QED) is 0.468. The van der Waals surface area contributed by atoms with Gasteiger partial charge in [0.15, 0.2) is 11.4 Å². The van der Waals surface area contributed by atoms with Gasteiger partial charge in [-0.05, 0) is 37.0 Å². The van der Waals surface area contributed by atoms with Crippen molar-refractivity contribution in [3.63, 3.8) is 0 Å². The Hall–Kier alpha value is -3.73. The van der Waals surface area contributed by atoms with E-state index in [0.29, 0.717) is 41.1 Å². The number of nitrogens with zero attached hydrogens (tertiary/aromatic N) is 8. The molecule has 170 valence electrons. The summed E-state index contributed by atoms with van der Waals surface area (Å²) in [6.07, 6.45) is 7.47. The maximum atomic E-state index is 6.23. The lowest BCUT2D eigenvalue weighted by molar-refractivity contribution is 0.0996. The fraction of sp³-hybridized carbons (Fsp3) is 0.409. The minimum Gasteiger partial charge on any atom is -0.461 e. The summed E-state index contributed by atoms with van der Waals surface area (Å²) < 4.78 is 6.98. The van der Waals surface area contributed by atoms with Gasteiger partial charge in [-0.1, -0.05) is 0 Å². The van der Waals surface area contributed by atoms with Crippen LogP contribution in [0.4, 0.5) is 17.7 Å². The van der Waals surface area contributed by atoms with Crippen LogP contribution >= 0.6 is 0 Å². The highest BCUT2D eigenvalue weighted by Gasteiger charge is 2.33. The second kappa shape index (κ2) is 8.32. The molecule has 2 unspecified atom stereocenters. The molecule has 2 aliphatic rings. The lowest BCUT2D eigenvalue weighted by atomic mass is 9.91. The summed E-state index contributed by atoms with van der Waals surface area (Å²) in [7, 11) is 0. The number of nitrogen functional groups attached to an aromatic ring is 1. The molecule has 6 heterocycles. The van der Waals surface area contributed by atoms with Crippen molar-refractivity contribution >= 4 is 23.4 Å². The molecule has 4 aromatic rings. The Bertz CT molecular complexity index is 1220. The van der Waals surface area contributed by atoms with Gasteiger partial charge < -0.3 is 20.4 Å². The van der Waals surface area contributed by atoms with Crippen LogP contribution in [0.2, 0.25) is 0 Å². The predicted molar refractivity (Wildman–Crippen MR) is 124 cm³/mol. The number of hydrogen-bond donors (Lipinski definition) is 2. The molecule has 2 saturated heterocycles. The molecule has 11 nitrogen and oxygen atoms in total. The fourth-order valence-electron chi connectivity index (χ4n) is 4.83. The largest absolute Gasteiger partial charge is 0.461 e. The van der Waals surface area contributed by atoms with Crippen molar-refractivity contribution < 1.29 is 4.42 Å². The Kier molecular flexibility index (Phi) is 5.02. The van der Waals surface area contributed by atoms with Crippen molar-refractivity contribution in [2.24, 2.45) is 5.92 Å². The number of piperazine rings is 1. The number of rotatable bonds is 5. The van der Waals surface area contributed by atoms with Crippen LogP contribution in [0.3, 0.4) is 0 Å². The Morgan fingerprint density at radius 2 is 2.00 bits per heavy atom. The molecular formula is C22H26N10O. The second-order valence-corrected chi connectivity index (χ2v) is 8.65. The number of hydrogen-bond acceptors (Lipinski definition) is 10. The molecule has 2 aliphatic heterocycles. The van der Waals surface area contributed by atoms with Gasteiger partial charge in [0, 0.05) is 57.2 Å². The minimum absolute atomic E-state index is 0.327. The van der Waals surface area contributed by atoms with Crippen molar-refractivity contribution in [1.29, 1.82) is 0 Å². The van der Waals surface area contributed by atoms with Gasteiger partial charge in [-0.15, -0.1) is 5.10 Å². The van der Waals surface area contributed by atoms with E-state index >= 15 is 0 Å². The van der Waals surface area contributed by atoms with E-state index in [-0.39, 0.29) is 0 Å². The minimum atomic E-state index is 0.327. The lowest BCUT2D eigenvalue weighted by Crippen LogP contribution is -2.57. The summed E-state index contributed by atoms with van der Waals surface area (Å²) in [6.45, 7) is 4.82. The zero-order chi connectivity index (χ0) is 22.2. The van der Waals surface area contributed by atoms with Crippen molar-refractivity contribution in [1.82, 2.24) is 34.4 Å². The molecule has 2 fully saturated rings. The van der Waals surface area contributed by atoms with Crippen LogP contribution in [-0.4, -0.2) is 73.2 Å². The number of nitrogens with one attached hydrogen (secondary N) is 1. The highest BCUT2D eigenvalue weighted by atomic mass is 16.3. The molecule has 4 aromatic heterocycles. The van der Waals surface area contributed by atoms with Crippen LogP contribution in [0.1, 0.15) is 12.8 Å². The van der Waals surface area contributed by atoms with Crippen molar-refractivity contribution in [3.8, 4) is 11.6 Å². The second-order valence-electron chi connectivity index (χ2n) is 8.65. The molecule has 0 aromatic carbocycles. The molecule has 0 radical (unpaired) electrons. The fourth-order valence-corrected chi connectivity index (χ4v) is 4.83. The molecule has 0 saturated carbocycles. The number of fused-ring (bicyclic) bond motifs is 2. The average molecular weight is 447 g/mol. The average Bonchev–Trinajstić information content (AvgIpc) is 3.53. The van der Waals surface area contributed by atoms with E-state index in [2.05, 4.69) is 40.2 Å². The third-order valence-electron chi connectivity index (χ3n) is 6.52. The van der Waals surface area contributed by atoms with Crippen molar-refractivity contribution in [2.75, 3.05) is 48.7 Å². The van der Waals surface area contributed by atoms with Gasteiger partial charge in [0.05, 0.1) is 6.26 Å². The van der Waals surface area contributed by atoms with Gasteiger partial charge in [-0.3, -0.25) is 4.90 Å². The lowest BCUT2D eigenvalue weighted by Gasteiger charge is -2.46. The first kappa shape index (κ1) is 19.9. The number of piperidine rings is 1. The van der Waals surface area contributed by atoms with Crippen LogP contribution in [-0.2, 0) is 0 Å². The van der Waals surface area contributed by atoms with Gasteiger partial charge in [-0.25, -0.2) is 15.0 Å². The number of aromatic nitrogens is 6. The molecule has 33 heavy (non-hydrogen) atoms. The highest BCUT2D eigenvalue weighted by Crippen LogP contribution is 2.28. The summed E-state index contributed by atoms with van der Waals surface area (Å²) >= 11 is 0. The van der Waals surface area contributed by atoms with E-state index in [0.717, 1.165) is 45.0 Å².